The Morgan fingerprint density at radius 1 is 1.33 bits per heavy atom. The number of nitrogens with one attached hydrogen (secondary N) is 1. The summed E-state index contributed by atoms with van der Waals surface area (Å²) in [7, 11) is 1.78. The van der Waals surface area contributed by atoms with Gasteiger partial charge in [0.05, 0.1) is 0 Å². The molecule has 0 spiro atoms. The molecule has 1 aliphatic heterocycles. The van der Waals surface area contributed by atoms with Gasteiger partial charge in [-0.1, -0.05) is 30.8 Å². The van der Waals surface area contributed by atoms with Gasteiger partial charge < -0.3 is 14.6 Å². The molecule has 1 aliphatic carbocycles. The van der Waals surface area contributed by atoms with E-state index in [1.54, 1.807) is 7.11 Å². The molecule has 21 heavy (non-hydrogen) atoms. The minimum absolute atomic E-state index is 0.326. The number of nitrogens with zero attached hydrogens (tertiary/aromatic N) is 2. The molecular weight excluding hydrogens is 286 g/mol. The van der Waals surface area contributed by atoms with Crippen LogP contribution in [0.15, 0.2) is 4.52 Å². The third kappa shape index (κ3) is 3.60. The summed E-state index contributed by atoms with van der Waals surface area (Å²) >= 11 is 1.99. The molecule has 0 bridgehead atoms. The first-order valence-electron chi connectivity index (χ1n) is 8.02. The van der Waals surface area contributed by atoms with Crippen LogP contribution in [0.25, 0.3) is 0 Å². The van der Waals surface area contributed by atoms with Crippen LogP contribution < -0.4 is 5.32 Å². The van der Waals surface area contributed by atoms with E-state index < -0.39 is 0 Å². The van der Waals surface area contributed by atoms with Crippen molar-refractivity contribution >= 4 is 11.8 Å². The highest BCUT2D eigenvalue weighted by atomic mass is 32.2. The quantitative estimate of drug-likeness (QED) is 0.862. The van der Waals surface area contributed by atoms with Gasteiger partial charge >= 0.3 is 0 Å². The van der Waals surface area contributed by atoms with Crippen molar-refractivity contribution in [1.29, 1.82) is 0 Å². The molecule has 2 heterocycles. The number of aromatic nitrogens is 2. The molecule has 1 unspecified atom stereocenters. The van der Waals surface area contributed by atoms with Gasteiger partial charge in [0, 0.05) is 37.6 Å². The van der Waals surface area contributed by atoms with Crippen LogP contribution in [0.1, 0.15) is 50.2 Å². The van der Waals surface area contributed by atoms with E-state index in [2.05, 4.69) is 15.5 Å². The highest BCUT2D eigenvalue weighted by Gasteiger charge is 2.37. The van der Waals surface area contributed by atoms with Crippen LogP contribution in [0, 0.1) is 0 Å². The lowest BCUT2D eigenvalue weighted by Gasteiger charge is -2.27. The summed E-state index contributed by atoms with van der Waals surface area (Å²) in [6.45, 7) is 1.07. The van der Waals surface area contributed by atoms with Crippen LogP contribution in [0.4, 0.5) is 0 Å². The van der Waals surface area contributed by atoms with Crippen molar-refractivity contribution in [3.05, 3.63) is 11.7 Å². The zero-order chi connectivity index (χ0) is 14.5. The summed E-state index contributed by atoms with van der Waals surface area (Å²) in [5, 5.41) is 7.75. The smallest absolute Gasteiger partial charge is 0.228 e. The Balaban J connectivity index is 1.69. The monoisotopic (exact) mass is 311 g/mol. The van der Waals surface area contributed by atoms with Crippen molar-refractivity contribution in [2.24, 2.45) is 0 Å². The fourth-order valence-corrected chi connectivity index (χ4v) is 4.25. The first-order valence-corrected chi connectivity index (χ1v) is 9.17. The minimum atomic E-state index is -0.326. The first kappa shape index (κ1) is 15.3. The Kier molecular flexibility index (Phi) is 5.19. The lowest BCUT2D eigenvalue weighted by Crippen LogP contribution is -2.39. The van der Waals surface area contributed by atoms with E-state index in [4.69, 9.17) is 9.26 Å². The highest BCUT2D eigenvalue weighted by Crippen LogP contribution is 2.37. The number of methoxy groups -OCH3 is 1. The van der Waals surface area contributed by atoms with E-state index in [9.17, 15) is 0 Å². The molecule has 1 saturated carbocycles. The molecule has 0 amide bonds. The van der Waals surface area contributed by atoms with E-state index in [-0.39, 0.29) is 5.60 Å². The van der Waals surface area contributed by atoms with E-state index >= 15 is 0 Å². The van der Waals surface area contributed by atoms with Crippen LogP contribution in [-0.2, 0) is 16.8 Å². The van der Waals surface area contributed by atoms with Crippen molar-refractivity contribution in [2.45, 2.75) is 56.6 Å². The first-order chi connectivity index (χ1) is 10.3. The van der Waals surface area contributed by atoms with Crippen LogP contribution in [0.2, 0.25) is 0 Å². The Hall–Kier alpha value is -0.590. The maximum absolute atomic E-state index is 5.84. The average molecular weight is 311 g/mol. The zero-order valence-corrected chi connectivity index (χ0v) is 13.6. The van der Waals surface area contributed by atoms with Crippen molar-refractivity contribution in [3.63, 3.8) is 0 Å². The number of rotatable bonds is 4. The van der Waals surface area contributed by atoms with Gasteiger partial charge in [-0.25, -0.2) is 0 Å². The van der Waals surface area contributed by atoms with Gasteiger partial charge in [-0.3, -0.25) is 0 Å². The minimum Gasteiger partial charge on any atom is -0.370 e. The van der Waals surface area contributed by atoms with Gasteiger partial charge in [0.25, 0.3) is 0 Å². The summed E-state index contributed by atoms with van der Waals surface area (Å²) in [6, 6.07) is 0.449. The molecule has 2 aliphatic rings. The van der Waals surface area contributed by atoms with E-state index in [1.165, 1.54) is 31.4 Å². The van der Waals surface area contributed by atoms with Crippen molar-refractivity contribution in [3.8, 4) is 0 Å². The number of hydrogen-bond donors (Lipinski definition) is 1. The molecule has 0 aromatic carbocycles. The van der Waals surface area contributed by atoms with Gasteiger partial charge in [-0.2, -0.15) is 16.7 Å². The van der Waals surface area contributed by atoms with E-state index in [0.717, 1.165) is 43.3 Å². The molecule has 1 atom stereocenters. The molecule has 3 rings (SSSR count). The maximum atomic E-state index is 5.84. The Morgan fingerprint density at radius 3 is 2.81 bits per heavy atom. The SMILES string of the molecule is COC1(c2noc(CC3CSCCN3)n2)CCCCCC1. The van der Waals surface area contributed by atoms with Crippen LogP contribution in [0.3, 0.4) is 0 Å². The van der Waals surface area contributed by atoms with Crippen LogP contribution >= 0.6 is 11.8 Å². The van der Waals surface area contributed by atoms with Crippen LogP contribution in [0.5, 0.6) is 0 Å². The predicted octanol–water partition coefficient (Wildman–Crippen LogP) is 2.51. The lowest BCUT2D eigenvalue weighted by molar-refractivity contribution is -0.0365. The van der Waals surface area contributed by atoms with E-state index in [0.29, 0.717) is 6.04 Å². The second-order valence-electron chi connectivity index (χ2n) is 6.05. The molecule has 1 aromatic rings. The van der Waals surface area contributed by atoms with Gasteiger partial charge in [0.15, 0.2) is 0 Å². The standard InChI is InChI=1S/C15H25N3O2S/c1-19-15(6-4-2-3-5-7-15)14-17-13(20-18-14)10-12-11-21-9-8-16-12/h12,16H,2-11H2,1H3. The molecular formula is C15H25N3O2S. The molecule has 0 radical (unpaired) electrons. The Bertz CT molecular complexity index is 438. The van der Waals surface area contributed by atoms with Gasteiger partial charge in [-0.05, 0) is 12.8 Å². The average Bonchev–Trinajstić information content (AvgIpc) is 2.85. The Labute approximate surface area is 130 Å². The molecule has 2 fully saturated rings. The Morgan fingerprint density at radius 2 is 2.14 bits per heavy atom. The summed E-state index contributed by atoms with van der Waals surface area (Å²) in [5.74, 6) is 3.81. The summed E-state index contributed by atoms with van der Waals surface area (Å²) < 4.78 is 11.3. The third-order valence-corrected chi connectivity index (χ3v) is 5.73. The second-order valence-corrected chi connectivity index (χ2v) is 7.20. The van der Waals surface area contributed by atoms with E-state index in [1.807, 2.05) is 11.8 Å². The molecule has 1 N–H and O–H groups in total. The summed E-state index contributed by atoms with van der Waals surface area (Å²) in [6.07, 6.45) is 7.73. The van der Waals surface area contributed by atoms with Gasteiger partial charge in [0.1, 0.15) is 5.60 Å². The molecule has 118 valence electrons. The third-order valence-electron chi connectivity index (χ3n) is 4.60. The summed E-state index contributed by atoms with van der Waals surface area (Å²) in [4.78, 5) is 4.66. The van der Waals surface area contributed by atoms with Crippen LogP contribution in [-0.4, -0.2) is 41.3 Å². The molecule has 5 nitrogen and oxygen atoms in total. The maximum Gasteiger partial charge on any atom is 0.228 e. The fraction of sp³-hybridized carbons (Fsp3) is 0.867. The normalized spacial score (nSPS) is 26.4. The van der Waals surface area contributed by atoms with Gasteiger partial charge in [-0.15, -0.1) is 0 Å². The number of thioether (sulfide) groups is 1. The van der Waals surface area contributed by atoms with Crippen molar-refractivity contribution in [2.75, 3.05) is 25.2 Å². The highest BCUT2D eigenvalue weighted by molar-refractivity contribution is 7.99. The van der Waals surface area contributed by atoms with Crippen molar-refractivity contribution < 1.29 is 9.26 Å². The zero-order valence-electron chi connectivity index (χ0n) is 12.8. The largest absolute Gasteiger partial charge is 0.370 e. The topological polar surface area (TPSA) is 60.2 Å². The van der Waals surface area contributed by atoms with Gasteiger partial charge in [0.2, 0.25) is 11.7 Å². The molecule has 1 aromatic heterocycles. The fourth-order valence-electron chi connectivity index (χ4n) is 3.30. The number of hydrogen-bond acceptors (Lipinski definition) is 6. The second kappa shape index (κ2) is 7.11. The lowest BCUT2D eigenvalue weighted by atomic mass is 9.93. The summed E-state index contributed by atoms with van der Waals surface area (Å²) in [5.41, 5.74) is -0.326. The predicted molar refractivity (Wildman–Crippen MR) is 83.5 cm³/mol. The molecule has 6 heteroatoms. The number of ether oxygens (including phenoxy) is 1. The van der Waals surface area contributed by atoms with Crippen molar-refractivity contribution in [1.82, 2.24) is 15.5 Å². The molecule has 1 saturated heterocycles.